The number of allylic oxidation sites excluding steroid dienone is 2. The van der Waals surface area contributed by atoms with Crippen molar-refractivity contribution in [2.45, 2.75) is 31.2 Å². The van der Waals surface area contributed by atoms with Gasteiger partial charge in [0, 0.05) is 0 Å². The Labute approximate surface area is 75.9 Å². The van der Waals surface area contributed by atoms with Gasteiger partial charge in [0.1, 0.15) is 0 Å². The van der Waals surface area contributed by atoms with Crippen LogP contribution < -0.4 is 0 Å². The summed E-state index contributed by atoms with van der Waals surface area (Å²) in [7, 11) is 0. The fraction of sp³-hybridized carbons (Fsp3) is 0.556. The lowest BCUT2D eigenvalue weighted by Crippen LogP contribution is -2.34. The highest BCUT2D eigenvalue weighted by Gasteiger charge is 2.31. The smallest absolute Gasteiger partial charge is 0.0936 e. The van der Waals surface area contributed by atoms with E-state index in [2.05, 4.69) is 15.9 Å². The monoisotopic (exact) mass is 216 g/mol. The molecule has 1 nitrogen and oxygen atoms in total. The van der Waals surface area contributed by atoms with Crippen LogP contribution in [0.15, 0.2) is 23.3 Å². The molecule has 2 atom stereocenters. The summed E-state index contributed by atoms with van der Waals surface area (Å²) in [5.74, 6) is 0. The maximum Gasteiger partial charge on any atom is 0.0936 e. The van der Waals surface area contributed by atoms with Gasteiger partial charge in [0.15, 0.2) is 0 Å². The molecule has 1 N–H and O–H groups in total. The largest absolute Gasteiger partial charge is 0.387 e. The van der Waals surface area contributed by atoms with Gasteiger partial charge in [-0.3, -0.25) is 0 Å². The van der Waals surface area contributed by atoms with E-state index in [1.54, 1.807) is 0 Å². The summed E-state index contributed by atoms with van der Waals surface area (Å²) in [6.07, 6.45) is 3.64. The third-order valence-electron chi connectivity index (χ3n) is 1.93. The molecule has 0 spiro atoms. The Morgan fingerprint density at radius 3 is 2.55 bits per heavy atom. The van der Waals surface area contributed by atoms with Gasteiger partial charge in [-0.1, -0.05) is 33.7 Å². The third-order valence-corrected chi connectivity index (χ3v) is 2.59. The molecule has 0 aromatic rings. The highest BCUT2D eigenvalue weighted by Crippen LogP contribution is 2.33. The van der Waals surface area contributed by atoms with Crippen molar-refractivity contribution in [1.29, 1.82) is 0 Å². The van der Waals surface area contributed by atoms with Crippen molar-refractivity contribution in [1.82, 2.24) is 0 Å². The predicted octanol–water partition coefficient (Wildman–Crippen LogP) is 2.41. The number of aliphatic hydroxyl groups is 1. The first-order valence-electron chi connectivity index (χ1n) is 3.68. The summed E-state index contributed by atoms with van der Waals surface area (Å²) in [4.78, 5) is 0. The van der Waals surface area contributed by atoms with Crippen LogP contribution in [0.2, 0.25) is 0 Å². The van der Waals surface area contributed by atoms with Crippen molar-refractivity contribution in [3.8, 4) is 0 Å². The molecular weight excluding hydrogens is 204 g/mol. The molecular formula is C9H13BrO. The molecule has 0 aliphatic heterocycles. The molecule has 0 aromatic carbocycles. The third kappa shape index (κ3) is 1.74. The number of aliphatic hydroxyl groups excluding tert-OH is 1. The molecule has 0 amide bonds. The number of alkyl halides is 1. The van der Waals surface area contributed by atoms with Gasteiger partial charge in [-0.25, -0.2) is 0 Å². The van der Waals surface area contributed by atoms with Gasteiger partial charge in [0.05, 0.1) is 10.4 Å². The van der Waals surface area contributed by atoms with E-state index in [1.807, 2.05) is 32.9 Å². The minimum absolute atomic E-state index is 0.282. The van der Waals surface area contributed by atoms with E-state index in [9.17, 15) is 5.11 Å². The van der Waals surface area contributed by atoms with Crippen LogP contribution >= 0.6 is 15.9 Å². The highest BCUT2D eigenvalue weighted by molar-refractivity contribution is 9.10. The second kappa shape index (κ2) is 2.76. The normalized spacial score (nSPS) is 38.1. The summed E-state index contributed by atoms with van der Waals surface area (Å²) >= 11 is 3.47. The summed E-state index contributed by atoms with van der Waals surface area (Å²) in [6, 6.07) is 0. The zero-order valence-corrected chi connectivity index (χ0v) is 8.64. The molecule has 11 heavy (non-hydrogen) atoms. The first kappa shape index (κ1) is 9.01. The second-order valence-corrected chi connectivity index (χ2v) is 5.04. The second-order valence-electron chi connectivity index (χ2n) is 3.33. The summed E-state index contributed by atoms with van der Waals surface area (Å²) in [5.41, 5.74) is 2.22. The minimum Gasteiger partial charge on any atom is -0.387 e. The average Bonchev–Trinajstić information content (AvgIpc) is 1.81. The molecule has 1 aliphatic carbocycles. The quantitative estimate of drug-likeness (QED) is 0.617. The first-order valence-corrected chi connectivity index (χ1v) is 4.47. The van der Waals surface area contributed by atoms with Gasteiger partial charge in [-0.05, 0) is 26.3 Å². The van der Waals surface area contributed by atoms with Gasteiger partial charge < -0.3 is 5.11 Å². The van der Waals surface area contributed by atoms with Crippen molar-refractivity contribution in [3.63, 3.8) is 0 Å². The van der Waals surface area contributed by atoms with E-state index in [-0.39, 0.29) is 4.32 Å². The Kier molecular flexibility index (Phi) is 2.26. The Morgan fingerprint density at radius 1 is 1.55 bits per heavy atom. The number of hydrogen-bond acceptors (Lipinski definition) is 1. The van der Waals surface area contributed by atoms with Crippen molar-refractivity contribution in [2.24, 2.45) is 0 Å². The van der Waals surface area contributed by atoms with Gasteiger partial charge in [0.25, 0.3) is 0 Å². The number of halogens is 1. The standard InChI is InChI=1S/C9H13BrO/c1-6-4-7(2)8(11)9(3,10)5-6/h4-5,8,11H,1-3H3. The molecule has 2 heteroatoms. The first-order chi connectivity index (χ1) is 4.93. The van der Waals surface area contributed by atoms with Crippen molar-refractivity contribution in [2.75, 3.05) is 0 Å². The lowest BCUT2D eigenvalue weighted by atomic mass is 9.90. The van der Waals surface area contributed by atoms with E-state index in [1.165, 1.54) is 5.57 Å². The molecule has 1 rings (SSSR count). The Morgan fingerprint density at radius 2 is 2.09 bits per heavy atom. The molecule has 1 aliphatic rings. The van der Waals surface area contributed by atoms with Crippen LogP contribution in [0.1, 0.15) is 20.8 Å². The molecule has 62 valence electrons. The molecule has 0 radical (unpaired) electrons. The van der Waals surface area contributed by atoms with Crippen LogP contribution in [-0.2, 0) is 0 Å². The molecule has 0 saturated carbocycles. The number of rotatable bonds is 0. The fourth-order valence-electron chi connectivity index (χ4n) is 1.45. The Hall–Kier alpha value is -0.0800. The Bertz CT molecular complexity index is 226. The number of hydrogen-bond donors (Lipinski definition) is 1. The highest BCUT2D eigenvalue weighted by atomic mass is 79.9. The minimum atomic E-state index is -0.397. The molecule has 2 unspecified atom stereocenters. The average molecular weight is 217 g/mol. The Balaban J connectivity index is 3.01. The predicted molar refractivity (Wildman–Crippen MR) is 50.9 cm³/mol. The van der Waals surface area contributed by atoms with Crippen molar-refractivity contribution >= 4 is 15.9 Å². The summed E-state index contributed by atoms with van der Waals surface area (Å²) < 4.78 is -0.282. The van der Waals surface area contributed by atoms with Gasteiger partial charge >= 0.3 is 0 Å². The van der Waals surface area contributed by atoms with Crippen LogP contribution in [0.5, 0.6) is 0 Å². The zero-order valence-electron chi connectivity index (χ0n) is 7.06. The van der Waals surface area contributed by atoms with E-state index in [4.69, 9.17) is 0 Å². The van der Waals surface area contributed by atoms with Gasteiger partial charge in [-0.2, -0.15) is 0 Å². The van der Waals surface area contributed by atoms with Crippen LogP contribution in [0.4, 0.5) is 0 Å². The van der Waals surface area contributed by atoms with Crippen molar-refractivity contribution < 1.29 is 5.11 Å². The van der Waals surface area contributed by atoms with E-state index in [0.29, 0.717) is 0 Å². The zero-order chi connectivity index (χ0) is 8.65. The lowest BCUT2D eigenvalue weighted by molar-refractivity contribution is 0.188. The summed E-state index contributed by atoms with van der Waals surface area (Å²) in [5, 5.41) is 9.66. The molecule has 0 saturated heterocycles. The van der Waals surface area contributed by atoms with Crippen LogP contribution in [-0.4, -0.2) is 15.5 Å². The van der Waals surface area contributed by atoms with Crippen LogP contribution in [0, 0.1) is 0 Å². The van der Waals surface area contributed by atoms with E-state index >= 15 is 0 Å². The van der Waals surface area contributed by atoms with Gasteiger partial charge in [0.2, 0.25) is 0 Å². The maximum absolute atomic E-state index is 9.66. The topological polar surface area (TPSA) is 20.2 Å². The SMILES string of the molecule is CC1=CC(C)(Br)C(O)C(C)=C1. The van der Waals surface area contributed by atoms with E-state index in [0.717, 1.165) is 5.57 Å². The van der Waals surface area contributed by atoms with Crippen LogP contribution in [0.3, 0.4) is 0 Å². The van der Waals surface area contributed by atoms with Crippen LogP contribution in [0.25, 0.3) is 0 Å². The molecule has 0 aromatic heterocycles. The van der Waals surface area contributed by atoms with Gasteiger partial charge in [-0.15, -0.1) is 0 Å². The molecule has 0 bridgehead atoms. The molecule has 0 heterocycles. The lowest BCUT2D eigenvalue weighted by Gasteiger charge is -2.30. The summed E-state index contributed by atoms with van der Waals surface area (Å²) in [6.45, 7) is 5.95. The van der Waals surface area contributed by atoms with E-state index < -0.39 is 6.10 Å². The molecule has 0 fully saturated rings. The van der Waals surface area contributed by atoms with Crippen molar-refractivity contribution in [3.05, 3.63) is 23.3 Å². The maximum atomic E-state index is 9.66. The fourth-order valence-corrected chi connectivity index (χ4v) is 2.17.